The molecule has 8 nitrogen and oxygen atoms in total. The second-order valence-corrected chi connectivity index (χ2v) is 9.40. The lowest BCUT2D eigenvalue weighted by molar-refractivity contribution is -0.0136. The zero-order valence-corrected chi connectivity index (χ0v) is 19.6. The molecule has 3 aromatic rings. The minimum atomic E-state index is -1.17. The van der Waals surface area contributed by atoms with Gasteiger partial charge in [-0.15, -0.1) is 0 Å². The topological polar surface area (TPSA) is 124 Å². The monoisotopic (exact) mass is 465 g/mol. The predicted molar refractivity (Wildman–Crippen MR) is 126 cm³/mol. The summed E-state index contributed by atoms with van der Waals surface area (Å²) in [6.07, 6.45) is 2.77. The quantitative estimate of drug-likeness (QED) is 0.522. The van der Waals surface area contributed by atoms with Crippen LogP contribution in [0.2, 0.25) is 0 Å². The molecule has 0 aliphatic carbocycles. The van der Waals surface area contributed by atoms with Gasteiger partial charge in [-0.05, 0) is 43.9 Å². The molecule has 1 aromatic carbocycles. The van der Waals surface area contributed by atoms with Crippen molar-refractivity contribution in [1.29, 1.82) is 5.26 Å². The maximum atomic E-state index is 15.3. The van der Waals surface area contributed by atoms with Crippen LogP contribution in [0.5, 0.6) is 0 Å². The summed E-state index contributed by atoms with van der Waals surface area (Å²) < 4.78 is 20.5. The van der Waals surface area contributed by atoms with E-state index in [0.717, 1.165) is 5.56 Å². The summed E-state index contributed by atoms with van der Waals surface area (Å²) in [4.78, 5) is 13.0. The largest absolute Gasteiger partial charge is 0.389 e. The molecule has 3 heterocycles. The van der Waals surface area contributed by atoms with Gasteiger partial charge in [0.2, 0.25) is 5.95 Å². The lowest BCUT2D eigenvalue weighted by atomic mass is 9.86. The molecule has 0 unspecified atom stereocenters. The molecule has 1 fully saturated rings. The van der Waals surface area contributed by atoms with E-state index in [1.807, 2.05) is 13.8 Å². The molecule has 2 atom stereocenters. The van der Waals surface area contributed by atoms with Gasteiger partial charge in [-0.25, -0.2) is 14.4 Å². The highest BCUT2D eigenvalue weighted by Gasteiger charge is 2.27. The number of nitriles is 1. The molecule has 3 N–H and O–H groups in total. The van der Waals surface area contributed by atoms with Crippen molar-refractivity contribution >= 4 is 16.9 Å². The Bertz CT molecular complexity index is 1270. The Morgan fingerprint density at radius 2 is 2.03 bits per heavy atom. The van der Waals surface area contributed by atoms with E-state index in [1.54, 1.807) is 19.9 Å². The molecule has 0 radical (unpaired) electrons. The van der Waals surface area contributed by atoms with Crippen molar-refractivity contribution in [3.05, 3.63) is 47.0 Å². The Balaban J connectivity index is 1.87. The summed E-state index contributed by atoms with van der Waals surface area (Å²) >= 11 is 0. The predicted octanol–water partition coefficient (Wildman–Crippen LogP) is 3.62. The van der Waals surface area contributed by atoms with Crippen molar-refractivity contribution in [2.24, 2.45) is 0 Å². The number of ether oxygens (including phenoxy) is 1. The summed E-state index contributed by atoms with van der Waals surface area (Å²) in [6, 6.07) is 4.84. The minimum absolute atomic E-state index is 0.0188. The fourth-order valence-corrected chi connectivity index (χ4v) is 4.34. The Labute approximate surface area is 197 Å². The SMILES string of the molecule is CC(C)c1c(C(C)(C)O)cnc2c(F)cc(-c3nc(N[C@@H]4CCOC[C@H]4O)ncc3C#N)cc12. The second kappa shape index (κ2) is 9.22. The molecule has 1 saturated heterocycles. The number of nitrogens with one attached hydrogen (secondary N) is 1. The Morgan fingerprint density at radius 3 is 2.68 bits per heavy atom. The van der Waals surface area contributed by atoms with Crippen molar-refractivity contribution in [2.45, 2.75) is 57.8 Å². The number of halogens is 1. The number of aliphatic hydroxyl groups is 2. The molecular weight excluding hydrogens is 437 g/mol. The standard InChI is InChI=1S/C25H28FN5O3/c1-13(2)21-16-7-14(8-18(26)23(16)28-11-17(21)25(3,4)33)22-15(9-27)10-29-24(31-22)30-19-5-6-34-12-20(19)32/h7-8,10-11,13,19-20,32-33H,5-6,12H2,1-4H3,(H,29,30,31)/t19-,20-/m1/s1. The molecule has 4 rings (SSSR count). The first-order chi connectivity index (χ1) is 16.1. The van der Waals surface area contributed by atoms with Crippen LogP contribution in [0.15, 0.2) is 24.5 Å². The van der Waals surface area contributed by atoms with Gasteiger partial charge in [0, 0.05) is 29.3 Å². The lowest BCUT2D eigenvalue weighted by Gasteiger charge is -2.28. The second-order valence-electron chi connectivity index (χ2n) is 9.40. The number of benzene rings is 1. The molecule has 1 aliphatic heterocycles. The molecule has 0 bridgehead atoms. The minimum Gasteiger partial charge on any atom is -0.389 e. The highest BCUT2D eigenvalue weighted by Crippen LogP contribution is 2.37. The summed E-state index contributed by atoms with van der Waals surface area (Å²) in [5.74, 6) is -0.337. The van der Waals surface area contributed by atoms with Crippen LogP contribution in [0.25, 0.3) is 22.2 Å². The number of rotatable bonds is 5. The normalized spacial score (nSPS) is 18.8. The summed E-state index contributed by atoms with van der Waals surface area (Å²) in [5, 5.41) is 34.2. The van der Waals surface area contributed by atoms with Gasteiger partial charge in [0.15, 0.2) is 0 Å². The van der Waals surface area contributed by atoms with Gasteiger partial charge in [-0.1, -0.05) is 13.8 Å². The fraction of sp³-hybridized carbons (Fsp3) is 0.440. The molecule has 178 valence electrons. The average Bonchev–Trinajstić information content (AvgIpc) is 2.79. The molecule has 0 amide bonds. The molecule has 0 saturated carbocycles. The van der Waals surface area contributed by atoms with Crippen molar-refractivity contribution in [3.8, 4) is 17.3 Å². The molecule has 9 heteroatoms. The number of pyridine rings is 1. The van der Waals surface area contributed by atoms with Gasteiger partial charge in [-0.2, -0.15) is 5.26 Å². The summed E-state index contributed by atoms with van der Waals surface area (Å²) in [6.45, 7) is 8.00. The molecule has 2 aromatic heterocycles. The van der Waals surface area contributed by atoms with Crippen LogP contribution in [0, 0.1) is 17.1 Å². The average molecular weight is 466 g/mol. The highest BCUT2D eigenvalue weighted by atomic mass is 19.1. The van der Waals surface area contributed by atoms with E-state index in [4.69, 9.17) is 4.74 Å². The van der Waals surface area contributed by atoms with Crippen molar-refractivity contribution in [3.63, 3.8) is 0 Å². The zero-order chi connectivity index (χ0) is 24.6. The number of nitrogens with zero attached hydrogens (tertiary/aromatic N) is 4. The van der Waals surface area contributed by atoms with E-state index in [1.165, 1.54) is 18.5 Å². The van der Waals surface area contributed by atoms with Gasteiger partial charge < -0.3 is 20.3 Å². The molecule has 1 aliphatic rings. The van der Waals surface area contributed by atoms with Crippen LogP contribution in [0.4, 0.5) is 10.3 Å². The third kappa shape index (κ3) is 4.57. The van der Waals surface area contributed by atoms with Gasteiger partial charge in [0.1, 0.15) is 17.4 Å². The Kier molecular flexibility index (Phi) is 6.49. The number of hydrogen-bond donors (Lipinski definition) is 3. The number of aliphatic hydroxyl groups excluding tert-OH is 1. The zero-order valence-electron chi connectivity index (χ0n) is 19.6. The fourth-order valence-electron chi connectivity index (χ4n) is 4.34. The highest BCUT2D eigenvalue weighted by molar-refractivity contribution is 5.89. The van der Waals surface area contributed by atoms with E-state index >= 15 is 4.39 Å². The maximum absolute atomic E-state index is 15.3. The maximum Gasteiger partial charge on any atom is 0.223 e. The molecule has 34 heavy (non-hydrogen) atoms. The number of anilines is 1. The molecular formula is C25H28FN5O3. The first-order valence-corrected chi connectivity index (χ1v) is 11.2. The van der Waals surface area contributed by atoms with Crippen LogP contribution in [0.3, 0.4) is 0 Å². The van der Waals surface area contributed by atoms with Gasteiger partial charge in [-0.3, -0.25) is 4.98 Å². The summed E-state index contributed by atoms with van der Waals surface area (Å²) in [5.41, 5.74) is 1.29. The van der Waals surface area contributed by atoms with E-state index in [0.29, 0.717) is 29.5 Å². The van der Waals surface area contributed by atoms with E-state index < -0.39 is 17.5 Å². The number of hydrogen-bond acceptors (Lipinski definition) is 8. The molecule has 0 spiro atoms. The van der Waals surface area contributed by atoms with Gasteiger partial charge in [0.25, 0.3) is 0 Å². The van der Waals surface area contributed by atoms with Crippen molar-refractivity contribution < 1.29 is 19.3 Å². The number of fused-ring (bicyclic) bond motifs is 1. The van der Waals surface area contributed by atoms with E-state index in [2.05, 4.69) is 26.3 Å². The first kappa shape index (κ1) is 24.0. The van der Waals surface area contributed by atoms with E-state index in [-0.39, 0.29) is 41.3 Å². The van der Waals surface area contributed by atoms with Crippen molar-refractivity contribution in [2.75, 3.05) is 18.5 Å². The smallest absolute Gasteiger partial charge is 0.223 e. The van der Waals surface area contributed by atoms with Gasteiger partial charge >= 0.3 is 0 Å². The van der Waals surface area contributed by atoms with Crippen LogP contribution in [0.1, 0.15) is 56.7 Å². The van der Waals surface area contributed by atoms with Crippen LogP contribution in [-0.2, 0) is 10.3 Å². The van der Waals surface area contributed by atoms with Crippen molar-refractivity contribution in [1.82, 2.24) is 15.0 Å². The summed E-state index contributed by atoms with van der Waals surface area (Å²) in [7, 11) is 0. The van der Waals surface area contributed by atoms with E-state index in [9.17, 15) is 15.5 Å². The lowest BCUT2D eigenvalue weighted by Crippen LogP contribution is -2.42. The van der Waals surface area contributed by atoms with Gasteiger partial charge in [0.05, 0.1) is 41.8 Å². The third-order valence-corrected chi connectivity index (χ3v) is 6.03. The first-order valence-electron chi connectivity index (χ1n) is 11.2. The van der Waals surface area contributed by atoms with Crippen LogP contribution < -0.4 is 5.32 Å². The Hall–Kier alpha value is -3.19. The number of aromatic nitrogens is 3. The van der Waals surface area contributed by atoms with Crippen LogP contribution >= 0.6 is 0 Å². The third-order valence-electron chi connectivity index (χ3n) is 6.03. The van der Waals surface area contributed by atoms with Crippen LogP contribution in [-0.4, -0.2) is 50.5 Å². The Morgan fingerprint density at radius 1 is 1.26 bits per heavy atom.